The van der Waals surface area contributed by atoms with Gasteiger partial charge in [0, 0.05) is 31.1 Å². The molecule has 0 heterocycles. The van der Waals surface area contributed by atoms with E-state index in [-0.39, 0.29) is 11.9 Å². The van der Waals surface area contributed by atoms with Gasteiger partial charge in [-0.2, -0.15) is 5.26 Å². The van der Waals surface area contributed by atoms with Gasteiger partial charge >= 0.3 is 0 Å². The third-order valence-corrected chi connectivity index (χ3v) is 4.31. The fraction of sp³-hybridized carbons (Fsp3) is 0.364. The number of nitrogens with zero attached hydrogens (tertiary/aromatic N) is 1. The van der Waals surface area contributed by atoms with Crippen LogP contribution in [0.15, 0.2) is 48.5 Å². The van der Waals surface area contributed by atoms with Gasteiger partial charge in [-0.1, -0.05) is 37.3 Å². The maximum atomic E-state index is 11.8. The standard InChI is InChI=1S/C22H27N3O2/c1-3-17(2)25-22(26)11-12-24-15-18-7-6-10-21(13-18)27-16-20-9-5-4-8-19(20)14-23/h4-10,13,17,24H,3,11-12,15-16H2,1-2H3,(H,25,26). The molecule has 0 aromatic heterocycles. The van der Waals surface area contributed by atoms with Gasteiger partial charge in [-0.3, -0.25) is 4.79 Å². The summed E-state index contributed by atoms with van der Waals surface area (Å²) in [5, 5.41) is 15.4. The van der Waals surface area contributed by atoms with E-state index in [4.69, 9.17) is 10.00 Å². The Kier molecular flexibility index (Phi) is 8.34. The summed E-state index contributed by atoms with van der Waals surface area (Å²) < 4.78 is 5.83. The average Bonchev–Trinajstić information content (AvgIpc) is 2.70. The molecule has 0 bridgehead atoms. The molecule has 0 radical (unpaired) electrons. The first kappa shape index (κ1) is 20.5. The highest BCUT2D eigenvalue weighted by Gasteiger charge is 2.05. The molecule has 0 aliphatic heterocycles. The van der Waals surface area contributed by atoms with Crippen molar-refractivity contribution in [3.63, 3.8) is 0 Å². The predicted molar refractivity (Wildman–Crippen MR) is 106 cm³/mol. The Morgan fingerprint density at radius 3 is 2.81 bits per heavy atom. The Bertz CT molecular complexity index is 783. The fourth-order valence-electron chi connectivity index (χ4n) is 2.55. The van der Waals surface area contributed by atoms with Crippen LogP contribution in [0.2, 0.25) is 0 Å². The van der Waals surface area contributed by atoms with Crippen LogP contribution in [0.4, 0.5) is 0 Å². The topological polar surface area (TPSA) is 74.2 Å². The number of carbonyl (C=O) groups is 1. The van der Waals surface area contributed by atoms with E-state index in [0.717, 1.165) is 23.3 Å². The molecule has 0 fully saturated rings. The zero-order valence-corrected chi connectivity index (χ0v) is 16.0. The lowest BCUT2D eigenvalue weighted by atomic mass is 10.1. The van der Waals surface area contributed by atoms with Crippen molar-refractivity contribution in [3.8, 4) is 11.8 Å². The fourth-order valence-corrected chi connectivity index (χ4v) is 2.55. The SMILES string of the molecule is CCC(C)NC(=O)CCNCc1cccc(OCc2ccccc2C#N)c1. The van der Waals surface area contributed by atoms with Crippen molar-refractivity contribution < 1.29 is 9.53 Å². The van der Waals surface area contributed by atoms with Crippen molar-refractivity contribution in [1.29, 1.82) is 5.26 Å². The van der Waals surface area contributed by atoms with E-state index in [0.29, 0.717) is 31.7 Å². The molecular formula is C22H27N3O2. The van der Waals surface area contributed by atoms with E-state index >= 15 is 0 Å². The zero-order valence-electron chi connectivity index (χ0n) is 16.0. The highest BCUT2D eigenvalue weighted by atomic mass is 16.5. The Morgan fingerprint density at radius 1 is 1.22 bits per heavy atom. The lowest BCUT2D eigenvalue weighted by molar-refractivity contribution is -0.121. The van der Waals surface area contributed by atoms with Gasteiger partial charge in [0.25, 0.3) is 0 Å². The second-order valence-corrected chi connectivity index (χ2v) is 6.51. The van der Waals surface area contributed by atoms with Crippen LogP contribution >= 0.6 is 0 Å². The van der Waals surface area contributed by atoms with Crippen molar-refractivity contribution in [2.45, 2.75) is 45.9 Å². The van der Waals surface area contributed by atoms with E-state index < -0.39 is 0 Å². The summed E-state index contributed by atoms with van der Waals surface area (Å²) >= 11 is 0. The Hall–Kier alpha value is -2.84. The molecule has 0 aliphatic carbocycles. The molecule has 1 atom stereocenters. The van der Waals surface area contributed by atoms with Crippen LogP contribution in [0.1, 0.15) is 43.4 Å². The van der Waals surface area contributed by atoms with Gasteiger partial charge in [0.05, 0.1) is 11.6 Å². The number of hydrogen-bond donors (Lipinski definition) is 2. The zero-order chi connectivity index (χ0) is 19.5. The number of amides is 1. The number of carbonyl (C=O) groups excluding carboxylic acids is 1. The number of nitriles is 1. The average molecular weight is 365 g/mol. The molecule has 2 N–H and O–H groups in total. The minimum Gasteiger partial charge on any atom is -0.489 e. The normalized spacial score (nSPS) is 11.4. The maximum Gasteiger partial charge on any atom is 0.221 e. The van der Waals surface area contributed by atoms with Crippen LogP contribution in [0, 0.1) is 11.3 Å². The molecule has 142 valence electrons. The number of benzene rings is 2. The van der Waals surface area contributed by atoms with Crippen molar-refractivity contribution >= 4 is 5.91 Å². The summed E-state index contributed by atoms with van der Waals surface area (Å²) in [6, 6.07) is 17.7. The van der Waals surface area contributed by atoms with Crippen molar-refractivity contribution in [1.82, 2.24) is 10.6 Å². The number of hydrogen-bond acceptors (Lipinski definition) is 4. The van der Waals surface area contributed by atoms with Crippen molar-refractivity contribution in [2.24, 2.45) is 0 Å². The monoisotopic (exact) mass is 365 g/mol. The molecular weight excluding hydrogens is 338 g/mol. The molecule has 2 aromatic carbocycles. The molecule has 2 rings (SSSR count). The molecule has 0 saturated carbocycles. The van der Waals surface area contributed by atoms with Gasteiger partial charge < -0.3 is 15.4 Å². The summed E-state index contributed by atoms with van der Waals surface area (Å²) in [6.45, 7) is 5.71. The van der Waals surface area contributed by atoms with Crippen LogP contribution in [-0.2, 0) is 17.9 Å². The highest BCUT2D eigenvalue weighted by molar-refractivity contribution is 5.76. The van der Waals surface area contributed by atoms with E-state index in [1.807, 2.05) is 49.4 Å². The quantitative estimate of drug-likeness (QED) is 0.632. The van der Waals surface area contributed by atoms with Crippen LogP contribution < -0.4 is 15.4 Å². The first-order chi connectivity index (χ1) is 13.1. The minimum absolute atomic E-state index is 0.0742. The lowest BCUT2D eigenvalue weighted by Crippen LogP contribution is -2.33. The van der Waals surface area contributed by atoms with Gasteiger partial charge in [-0.15, -0.1) is 0 Å². The van der Waals surface area contributed by atoms with Gasteiger partial charge in [-0.05, 0) is 37.1 Å². The summed E-state index contributed by atoms with van der Waals surface area (Å²) in [5.41, 5.74) is 2.59. The smallest absolute Gasteiger partial charge is 0.221 e. The molecule has 0 aliphatic rings. The highest BCUT2D eigenvalue weighted by Crippen LogP contribution is 2.16. The summed E-state index contributed by atoms with van der Waals surface area (Å²) in [5.74, 6) is 0.835. The summed E-state index contributed by atoms with van der Waals surface area (Å²) in [7, 11) is 0. The largest absolute Gasteiger partial charge is 0.489 e. The summed E-state index contributed by atoms with van der Waals surface area (Å²) in [6.07, 6.45) is 1.40. The molecule has 1 unspecified atom stereocenters. The molecule has 5 heteroatoms. The van der Waals surface area contributed by atoms with Gasteiger partial charge in [-0.25, -0.2) is 0 Å². The third kappa shape index (κ3) is 7.12. The molecule has 1 amide bonds. The van der Waals surface area contributed by atoms with Crippen LogP contribution in [0.3, 0.4) is 0 Å². The van der Waals surface area contributed by atoms with Crippen molar-refractivity contribution in [3.05, 3.63) is 65.2 Å². The van der Waals surface area contributed by atoms with Crippen LogP contribution in [0.25, 0.3) is 0 Å². The Balaban J connectivity index is 1.78. The first-order valence-corrected chi connectivity index (χ1v) is 9.32. The molecule has 27 heavy (non-hydrogen) atoms. The van der Waals surface area contributed by atoms with E-state index in [1.165, 1.54) is 0 Å². The number of ether oxygens (including phenoxy) is 1. The van der Waals surface area contributed by atoms with E-state index in [2.05, 4.69) is 23.6 Å². The molecule has 0 spiro atoms. The van der Waals surface area contributed by atoms with Gasteiger partial charge in [0.2, 0.25) is 5.91 Å². The predicted octanol–water partition coefficient (Wildman–Crippen LogP) is 3.53. The second kappa shape index (κ2) is 11.0. The lowest BCUT2D eigenvalue weighted by Gasteiger charge is -2.12. The number of rotatable bonds is 10. The second-order valence-electron chi connectivity index (χ2n) is 6.51. The molecule has 2 aromatic rings. The number of nitrogens with one attached hydrogen (secondary N) is 2. The van der Waals surface area contributed by atoms with Gasteiger partial charge in [0.1, 0.15) is 12.4 Å². The van der Waals surface area contributed by atoms with Gasteiger partial charge in [0.15, 0.2) is 0 Å². The van der Waals surface area contributed by atoms with Crippen molar-refractivity contribution in [2.75, 3.05) is 6.54 Å². The third-order valence-electron chi connectivity index (χ3n) is 4.31. The van der Waals surface area contributed by atoms with Crippen LogP contribution in [0.5, 0.6) is 5.75 Å². The maximum absolute atomic E-state index is 11.8. The Labute approximate surface area is 161 Å². The minimum atomic E-state index is 0.0742. The Morgan fingerprint density at radius 2 is 2.04 bits per heavy atom. The summed E-state index contributed by atoms with van der Waals surface area (Å²) in [4.78, 5) is 11.8. The van der Waals surface area contributed by atoms with E-state index in [9.17, 15) is 4.79 Å². The molecule has 0 saturated heterocycles. The first-order valence-electron chi connectivity index (χ1n) is 9.32. The van der Waals surface area contributed by atoms with Crippen LogP contribution in [-0.4, -0.2) is 18.5 Å². The molecule has 5 nitrogen and oxygen atoms in total. The van der Waals surface area contributed by atoms with E-state index in [1.54, 1.807) is 6.07 Å².